The zero-order valence-electron chi connectivity index (χ0n) is 15.4. The first-order valence-electron chi connectivity index (χ1n) is 8.52. The van der Waals surface area contributed by atoms with Crippen molar-refractivity contribution in [2.45, 2.75) is 18.7 Å². The Morgan fingerprint density at radius 2 is 1.57 bits per heavy atom. The van der Waals surface area contributed by atoms with E-state index < -0.39 is 10.0 Å². The molecular formula is C21H19ClN2O3S. The van der Waals surface area contributed by atoms with Gasteiger partial charge >= 0.3 is 0 Å². The van der Waals surface area contributed by atoms with Crippen LogP contribution in [0.3, 0.4) is 0 Å². The molecule has 28 heavy (non-hydrogen) atoms. The molecular weight excluding hydrogens is 396 g/mol. The van der Waals surface area contributed by atoms with Crippen LogP contribution >= 0.6 is 11.6 Å². The van der Waals surface area contributed by atoms with Crippen molar-refractivity contribution < 1.29 is 13.2 Å². The molecule has 0 unspecified atom stereocenters. The second kappa shape index (κ2) is 8.04. The summed E-state index contributed by atoms with van der Waals surface area (Å²) in [7, 11) is -3.74. The van der Waals surface area contributed by atoms with E-state index in [9.17, 15) is 13.2 Å². The van der Waals surface area contributed by atoms with Crippen molar-refractivity contribution in [3.63, 3.8) is 0 Å². The van der Waals surface area contributed by atoms with Gasteiger partial charge in [-0.3, -0.25) is 9.52 Å². The van der Waals surface area contributed by atoms with E-state index in [-0.39, 0.29) is 27.1 Å². The summed E-state index contributed by atoms with van der Waals surface area (Å²) < 4.78 is 27.4. The van der Waals surface area contributed by atoms with Crippen LogP contribution in [0.5, 0.6) is 0 Å². The third-order valence-corrected chi connectivity index (χ3v) is 5.78. The monoisotopic (exact) mass is 414 g/mol. The molecule has 2 N–H and O–H groups in total. The van der Waals surface area contributed by atoms with Crippen LogP contribution < -0.4 is 10.0 Å². The average Bonchev–Trinajstić information content (AvgIpc) is 2.61. The molecule has 0 aromatic heterocycles. The molecule has 0 heterocycles. The van der Waals surface area contributed by atoms with Gasteiger partial charge in [-0.2, -0.15) is 0 Å². The summed E-state index contributed by atoms with van der Waals surface area (Å²) in [5.41, 5.74) is 3.17. The number of amides is 1. The van der Waals surface area contributed by atoms with Gasteiger partial charge in [-0.25, -0.2) is 8.42 Å². The molecule has 144 valence electrons. The molecule has 0 spiro atoms. The molecule has 0 saturated carbocycles. The molecule has 5 nitrogen and oxygen atoms in total. The predicted octanol–water partition coefficient (Wildman–Crippen LogP) is 5.01. The molecule has 3 aromatic carbocycles. The number of rotatable bonds is 5. The first-order valence-corrected chi connectivity index (χ1v) is 10.4. The molecule has 1 amide bonds. The molecule has 0 aliphatic rings. The summed E-state index contributed by atoms with van der Waals surface area (Å²) in [6, 6.07) is 18.3. The maximum atomic E-state index is 12.5. The van der Waals surface area contributed by atoms with Gasteiger partial charge < -0.3 is 5.32 Å². The van der Waals surface area contributed by atoms with Gasteiger partial charge in [0.1, 0.15) is 0 Å². The number of aryl methyl sites for hydroxylation is 2. The summed E-state index contributed by atoms with van der Waals surface area (Å²) in [6.45, 7) is 3.81. The predicted molar refractivity (Wildman–Crippen MR) is 113 cm³/mol. The Hall–Kier alpha value is -2.83. The molecule has 0 bridgehead atoms. The van der Waals surface area contributed by atoms with E-state index in [1.54, 1.807) is 18.2 Å². The fourth-order valence-corrected chi connectivity index (χ4v) is 3.93. The van der Waals surface area contributed by atoms with Crippen molar-refractivity contribution in [1.82, 2.24) is 0 Å². The molecule has 0 fully saturated rings. The van der Waals surface area contributed by atoms with E-state index in [0.29, 0.717) is 5.69 Å². The minimum atomic E-state index is -3.74. The van der Waals surface area contributed by atoms with Gasteiger partial charge in [0.2, 0.25) is 0 Å². The Morgan fingerprint density at radius 3 is 2.21 bits per heavy atom. The molecule has 0 radical (unpaired) electrons. The highest BCUT2D eigenvalue weighted by atomic mass is 35.5. The normalized spacial score (nSPS) is 11.1. The van der Waals surface area contributed by atoms with Gasteiger partial charge in [0.15, 0.2) is 0 Å². The van der Waals surface area contributed by atoms with E-state index >= 15 is 0 Å². The second-order valence-corrected chi connectivity index (χ2v) is 8.53. The van der Waals surface area contributed by atoms with Gasteiger partial charge in [-0.05, 0) is 61.9 Å². The van der Waals surface area contributed by atoms with E-state index in [0.717, 1.165) is 11.1 Å². The van der Waals surface area contributed by atoms with Crippen LogP contribution in [0, 0.1) is 13.8 Å². The first-order chi connectivity index (χ1) is 13.2. The van der Waals surface area contributed by atoms with Crippen molar-refractivity contribution in [1.29, 1.82) is 0 Å². The van der Waals surface area contributed by atoms with Crippen molar-refractivity contribution in [3.05, 3.63) is 88.4 Å². The summed E-state index contributed by atoms with van der Waals surface area (Å²) >= 11 is 6.22. The van der Waals surface area contributed by atoms with Crippen LogP contribution in [0.2, 0.25) is 5.02 Å². The average molecular weight is 415 g/mol. The fourth-order valence-electron chi connectivity index (χ4n) is 2.62. The lowest BCUT2D eigenvalue weighted by Crippen LogP contribution is -2.15. The molecule has 7 heteroatoms. The van der Waals surface area contributed by atoms with Crippen molar-refractivity contribution in [3.8, 4) is 0 Å². The third-order valence-electron chi connectivity index (χ3n) is 4.07. The van der Waals surface area contributed by atoms with Gasteiger partial charge in [0.25, 0.3) is 15.9 Å². The quantitative estimate of drug-likeness (QED) is 0.616. The summed E-state index contributed by atoms with van der Waals surface area (Å²) in [5, 5.41) is 2.92. The minimum absolute atomic E-state index is 0.147. The zero-order valence-corrected chi connectivity index (χ0v) is 16.9. The first kappa shape index (κ1) is 19.9. The van der Waals surface area contributed by atoms with Crippen LogP contribution in [0.15, 0.2) is 71.6 Å². The molecule has 3 rings (SSSR count). The van der Waals surface area contributed by atoms with Crippen molar-refractivity contribution >= 4 is 38.9 Å². The number of hydrogen-bond donors (Lipinski definition) is 2. The van der Waals surface area contributed by atoms with E-state index in [1.165, 1.54) is 30.3 Å². The topological polar surface area (TPSA) is 75.3 Å². The Bertz CT molecular complexity index is 1130. The van der Waals surface area contributed by atoms with Gasteiger partial charge in [-0.15, -0.1) is 0 Å². The molecule has 0 atom stereocenters. The number of sulfonamides is 1. The Morgan fingerprint density at radius 1 is 0.857 bits per heavy atom. The van der Waals surface area contributed by atoms with Crippen LogP contribution in [0.1, 0.15) is 21.5 Å². The number of carbonyl (C=O) groups is 1. The zero-order chi connectivity index (χ0) is 20.3. The number of nitrogens with one attached hydrogen (secondary N) is 2. The Balaban J connectivity index is 1.78. The van der Waals surface area contributed by atoms with Crippen LogP contribution in [0.25, 0.3) is 0 Å². The number of carbonyl (C=O) groups excluding carboxylic acids is 1. The summed E-state index contributed by atoms with van der Waals surface area (Å²) in [6.07, 6.45) is 0. The fraction of sp³-hybridized carbons (Fsp3) is 0.0952. The number of halogens is 1. The lowest BCUT2D eigenvalue weighted by molar-refractivity contribution is 0.102. The third kappa shape index (κ3) is 4.71. The van der Waals surface area contributed by atoms with Gasteiger partial charge in [0, 0.05) is 5.69 Å². The number of hydrogen-bond acceptors (Lipinski definition) is 3. The SMILES string of the molecule is Cc1ccc(S(=O)(=O)Nc2ccc(C(=O)Nc3cccc(C)c3)c(Cl)c2)cc1. The Labute approximate surface area is 169 Å². The lowest BCUT2D eigenvalue weighted by atomic mass is 10.1. The maximum Gasteiger partial charge on any atom is 0.261 e. The van der Waals surface area contributed by atoms with Gasteiger partial charge in [-0.1, -0.05) is 41.4 Å². The smallest absolute Gasteiger partial charge is 0.261 e. The second-order valence-electron chi connectivity index (χ2n) is 6.44. The molecule has 0 aliphatic heterocycles. The lowest BCUT2D eigenvalue weighted by Gasteiger charge is -2.11. The molecule has 0 aliphatic carbocycles. The minimum Gasteiger partial charge on any atom is -0.322 e. The van der Waals surface area contributed by atoms with Crippen LogP contribution in [-0.4, -0.2) is 14.3 Å². The van der Waals surface area contributed by atoms with E-state index in [4.69, 9.17) is 11.6 Å². The summed E-state index contributed by atoms with van der Waals surface area (Å²) in [5.74, 6) is -0.372. The highest BCUT2D eigenvalue weighted by Crippen LogP contribution is 2.24. The Kier molecular flexibility index (Phi) is 5.72. The van der Waals surface area contributed by atoms with Crippen LogP contribution in [0.4, 0.5) is 11.4 Å². The largest absolute Gasteiger partial charge is 0.322 e. The number of benzene rings is 3. The molecule has 3 aromatic rings. The van der Waals surface area contributed by atoms with E-state index in [2.05, 4.69) is 10.0 Å². The van der Waals surface area contributed by atoms with Gasteiger partial charge in [0.05, 0.1) is 21.2 Å². The van der Waals surface area contributed by atoms with E-state index in [1.807, 2.05) is 32.0 Å². The van der Waals surface area contributed by atoms with Crippen molar-refractivity contribution in [2.75, 3.05) is 10.0 Å². The van der Waals surface area contributed by atoms with Crippen molar-refractivity contribution in [2.24, 2.45) is 0 Å². The molecule has 0 saturated heterocycles. The van der Waals surface area contributed by atoms with Crippen LogP contribution in [-0.2, 0) is 10.0 Å². The standard InChI is InChI=1S/C21H19ClN2O3S/c1-14-6-9-18(10-7-14)28(26,27)24-17-8-11-19(20(22)13-17)21(25)23-16-5-3-4-15(2)12-16/h3-13,24H,1-2H3,(H,23,25). The summed E-state index contributed by atoms with van der Waals surface area (Å²) in [4.78, 5) is 12.6. The maximum absolute atomic E-state index is 12.5. The number of anilines is 2. The highest BCUT2D eigenvalue weighted by molar-refractivity contribution is 7.92. The highest BCUT2D eigenvalue weighted by Gasteiger charge is 2.16.